The highest BCUT2D eigenvalue weighted by Crippen LogP contribution is 2.18. The van der Waals surface area contributed by atoms with Crippen molar-refractivity contribution >= 4 is 23.6 Å². The first-order chi connectivity index (χ1) is 15.6. The summed E-state index contributed by atoms with van der Waals surface area (Å²) in [6, 6.07) is 9.40. The molecule has 4 aromatic rings. The molecule has 4 rings (SSSR count). The number of hydrogen-bond acceptors (Lipinski definition) is 8. The highest BCUT2D eigenvalue weighted by Gasteiger charge is 2.04. The quantitative estimate of drug-likeness (QED) is 0.322. The molecule has 2 N–H and O–H groups in total. The predicted octanol–water partition coefficient (Wildman–Crippen LogP) is 3.24. The number of rotatable bonds is 8. The summed E-state index contributed by atoms with van der Waals surface area (Å²) in [4.78, 5) is 28.4. The number of pyridine rings is 1. The number of fused-ring (bicyclic) bond motifs is 1. The number of hydroxylamine groups is 1. The molecule has 0 saturated heterocycles. The summed E-state index contributed by atoms with van der Waals surface area (Å²) in [6.45, 7) is 0. The van der Waals surface area contributed by atoms with Crippen LogP contribution in [0, 0.1) is 0 Å². The molecule has 3 heterocycles. The third-order valence-corrected chi connectivity index (χ3v) is 4.62. The maximum atomic E-state index is 11.1. The molecule has 0 aliphatic carbocycles. The minimum atomic E-state index is 0.535. The number of anilines is 2. The first-order valence-corrected chi connectivity index (χ1v) is 9.98. The lowest BCUT2D eigenvalue weighted by atomic mass is 10.0. The fourth-order valence-electron chi connectivity index (χ4n) is 2.98. The Morgan fingerprint density at radius 3 is 2.47 bits per heavy atom. The van der Waals surface area contributed by atoms with Gasteiger partial charge < -0.3 is 19.3 Å². The van der Waals surface area contributed by atoms with Crippen molar-refractivity contribution in [3.8, 4) is 5.75 Å². The Bertz CT molecular complexity index is 1140. The molecule has 1 aromatic carbocycles. The van der Waals surface area contributed by atoms with Crippen LogP contribution in [0.4, 0.5) is 11.6 Å². The molecular weight excluding hydrogens is 408 g/mol. The number of aldehydes is 1. The molecule has 0 spiro atoms. The predicted molar refractivity (Wildman–Crippen MR) is 122 cm³/mol. The molecule has 0 radical (unpaired) electrons. The molecular formula is C23H26N6O3. The first kappa shape index (κ1) is 22.9. The standard InChI is InChI=1S/C21H19N5O2.C2H7NO/c1-28-19-9-15(8-17(10-19)14-27)2-3-16-11-23-21(24-12-16)25-18-4-5-20-22-6-7-26(20)13-18;1-3-4-2/h4-14H,2-3H2,1H3,(H,23,24,25);3H,1-2H3. The molecule has 32 heavy (non-hydrogen) atoms. The zero-order chi connectivity index (χ0) is 22.8. The number of carbonyl (C=O) groups excluding carboxylic acids is 1. The number of nitrogens with zero attached hydrogens (tertiary/aromatic N) is 4. The van der Waals surface area contributed by atoms with Crippen molar-refractivity contribution in [1.82, 2.24) is 24.8 Å². The van der Waals surface area contributed by atoms with E-state index in [1.807, 2.05) is 53.5 Å². The van der Waals surface area contributed by atoms with E-state index in [1.165, 1.54) is 0 Å². The summed E-state index contributed by atoms with van der Waals surface area (Å²) in [5.74, 6) is 1.22. The van der Waals surface area contributed by atoms with Gasteiger partial charge in [-0.15, -0.1) is 0 Å². The van der Waals surface area contributed by atoms with Gasteiger partial charge in [-0.25, -0.2) is 20.4 Å². The summed E-state index contributed by atoms with van der Waals surface area (Å²) < 4.78 is 7.17. The molecule has 0 bridgehead atoms. The Morgan fingerprint density at radius 1 is 1.03 bits per heavy atom. The van der Waals surface area contributed by atoms with E-state index < -0.39 is 0 Å². The van der Waals surface area contributed by atoms with Crippen LogP contribution >= 0.6 is 0 Å². The second kappa shape index (κ2) is 11.5. The molecule has 0 aliphatic heterocycles. The maximum absolute atomic E-state index is 11.1. The normalized spacial score (nSPS) is 10.3. The molecule has 166 valence electrons. The average molecular weight is 435 g/mol. The van der Waals surface area contributed by atoms with Crippen LogP contribution in [0.15, 0.2) is 61.3 Å². The molecule has 0 atom stereocenters. The lowest BCUT2D eigenvalue weighted by molar-refractivity contribution is 0.112. The van der Waals surface area contributed by atoms with Gasteiger partial charge in [-0.1, -0.05) is 0 Å². The Labute approximate surface area is 186 Å². The van der Waals surface area contributed by atoms with Gasteiger partial charge in [-0.2, -0.15) is 0 Å². The molecule has 9 nitrogen and oxygen atoms in total. The summed E-state index contributed by atoms with van der Waals surface area (Å²) >= 11 is 0. The van der Waals surface area contributed by atoms with Crippen molar-refractivity contribution in [2.24, 2.45) is 0 Å². The van der Waals surface area contributed by atoms with Crippen molar-refractivity contribution in [1.29, 1.82) is 0 Å². The number of carbonyl (C=O) groups is 1. The maximum Gasteiger partial charge on any atom is 0.227 e. The fraction of sp³-hybridized carbons (Fsp3) is 0.217. The van der Waals surface area contributed by atoms with Crippen LogP contribution in [0.1, 0.15) is 21.5 Å². The van der Waals surface area contributed by atoms with Crippen molar-refractivity contribution in [2.75, 3.05) is 26.6 Å². The second-order valence-corrected chi connectivity index (χ2v) is 6.79. The number of nitrogens with one attached hydrogen (secondary N) is 2. The van der Waals surface area contributed by atoms with Gasteiger partial charge in [0.15, 0.2) is 0 Å². The van der Waals surface area contributed by atoms with Gasteiger partial charge in [0.2, 0.25) is 5.95 Å². The van der Waals surface area contributed by atoms with Crippen LogP contribution in [0.3, 0.4) is 0 Å². The van der Waals surface area contributed by atoms with Gasteiger partial charge >= 0.3 is 0 Å². The van der Waals surface area contributed by atoms with Crippen molar-refractivity contribution in [3.05, 3.63) is 78.0 Å². The van der Waals surface area contributed by atoms with Crippen LogP contribution in [-0.4, -0.2) is 46.9 Å². The van der Waals surface area contributed by atoms with Crippen molar-refractivity contribution < 1.29 is 14.4 Å². The van der Waals surface area contributed by atoms with Crippen molar-refractivity contribution in [2.45, 2.75) is 12.8 Å². The van der Waals surface area contributed by atoms with Gasteiger partial charge in [0.1, 0.15) is 17.7 Å². The summed E-state index contributed by atoms with van der Waals surface area (Å²) in [5, 5.41) is 3.19. The number of aryl methyl sites for hydroxylation is 2. The minimum absolute atomic E-state index is 0.535. The lowest BCUT2D eigenvalue weighted by Crippen LogP contribution is -2.00. The third kappa shape index (κ3) is 6.34. The molecule has 0 amide bonds. The van der Waals surface area contributed by atoms with E-state index in [0.717, 1.165) is 41.6 Å². The Hall–Kier alpha value is -3.82. The minimum Gasteiger partial charge on any atom is -0.497 e. The summed E-state index contributed by atoms with van der Waals surface area (Å²) in [6.07, 6.45) is 11.6. The van der Waals surface area contributed by atoms with E-state index in [-0.39, 0.29) is 0 Å². The second-order valence-electron chi connectivity index (χ2n) is 6.79. The molecule has 9 heteroatoms. The summed E-state index contributed by atoms with van der Waals surface area (Å²) in [5.41, 5.74) is 6.87. The fourth-order valence-corrected chi connectivity index (χ4v) is 2.98. The van der Waals surface area contributed by atoms with E-state index in [4.69, 9.17) is 4.74 Å². The van der Waals surface area contributed by atoms with E-state index in [2.05, 4.69) is 30.6 Å². The average Bonchev–Trinajstić information content (AvgIpc) is 3.31. The van der Waals surface area contributed by atoms with Crippen LogP contribution in [0.2, 0.25) is 0 Å². The van der Waals surface area contributed by atoms with Crippen LogP contribution in [-0.2, 0) is 17.7 Å². The SMILES string of the molecule is CNOC.COc1cc(C=O)cc(CCc2cnc(Nc3ccc4nccn4c3)nc2)c1. The summed E-state index contributed by atoms with van der Waals surface area (Å²) in [7, 11) is 4.87. The van der Waals surface area contributed by atoms with E-state index in [1.54, 1.807) is 33.5 Å². The first-order valence-electron chi connectivity index (χ1n) is 9.98. The number of methoxy groups -OCH3 is 1. The van der Waals surface area contributed by atoms with Crippen LogP contribution in [0.25, 0.3) is 5.65 Å². The lowest BCUT2D eigenvalue weighted by Gasteiger charge is -2.08. The number of ether oxygens (including phenoxy) is 1. The highest BCUT2D eigenvalue weighted by atomic mass is 16.6. The van der Waals surface area contributed by atoms with Gasteiger partial charge in [-0.3, -0.25) is 4.79 Å². The zero-order valence-corrected chi connectivity index (χ0v) is 18.3. The topological polar surface area (TPSA) is 103 Å². The molecule has 3 aromatic heterocycles. The van der Waals surface area contributed by atoms with Gasteiger partial charge in [-0.05, 0) is 54.3 Å². The largest absolute Gasteiger partial charge is 0.497 e. The molecule has 0 aliphatic rings. The van der Waals surface area contributed by atoms with Crippen LogP contribution in [0.5, 0.6) is 5.75 Å². The monoisotopic (exact) mass is 434 g/mol. The molecule has 0 unspecified atom stereocenters. The van der Waals surface area contributed by atoms with Crippen molar-refractivity contribution in [3.63, 3.8) is 0 Å². The molecule has 0 fully saturated rings. The zero-order valence-electron chi connectivity index (χ0n) is 18.3. The number of aromatic nitrogens is 4. The van der Waals surface area contributed by atoms with Gasteiger partial charge in [0, 0.05) is 43.6 Å². The van der Waals surface area contributed by atoms with E-state index in [9.17, 15) is 4.79 Å². The Balaban J connectivity index is 0.000000668. The Kier molecular flexibility index (Phi) is 8.24. The van der Waals surface area contributed by atoms with Gasteiger partial charge in [0.25, 0.3) is 0 Å². The number of benzene rings is 1. The highest BCUT2D eigenvalue weighted by molar-refractivity contribution is 5.76. The van der Waals surface area contributed by atoms with E-state index >= 15 is 0 Å². The Morgan fingerprint density at radius 2 is 1.78 bits per heavy atom. The smallest absolute Gasteiger partial charge is 0.227 e. The molecule has 0 saturated carbocycles. The van der Waals surface area contributed by atoms with E-state index in [0.29, 0.717) is 17.3 Å². The third-order valence-electron chi connectivity index (χ3n) is 4.62. The van der Waals surface area contributed by atoms with Crippen LogP contribution < -0.4 is 15.5 Å². The number of hydrogen-bond donors (Lipinski definition) is 2. The number of imidazole rings is 1. The van der Waals surface area contributed by atoms with Gasteiger partial charge in [0.05, 0.1) is 19.9 Å².